The Kier molecular flexibility index (Phi) is 6.44. The first kappa shape index (κ1) is 20.0. The van der Waals surface area contributed by atoms with E-state index in [1.165, 1.54) is 0 Å². The van der Waals surface area contributed by atoms with Gasteiger partial charge in [0.2, 0.25) is 0 Å². The highest BCUT2D eigenvalue weighted by molar-refractivity contribution is 5.80. The van der Waals surface area contributed by atoms with Gasteiger partial charge in [-0.1, -0.05) is 6.92 Å². The zero-order valence-electron chi connectivity index (χ0n) is 14.3. The van der Waals surface area contributed by atoms with Crippen molar-refractivity contribution in [3.63, 3.8) is 0 Å². The molecule has 0 bridgehead atoms. The molecule has 1 aliphatic rings. The van der Waals surface area contributed by atoms with Crippen molar-refractivity contribution < 1.29 is 27.5 Å². The van der Waals surface area contributed by atoms with E-state index >= 15 is 0 Å². The van der Waals surface area contributed by atoms with Crippen molar-refractivity contribution in [3.05, 3.63) is 34.2 Å². The van der Waals surface area contributed by atoms with Crippen LogP contribution in [0.3, 0.4) is 0 Å². The van der Waals surface area contributed by atoms with Crippen LogP contribution in [0.1, 0.15) is 38.2 Å². The fraction of sp³-hybridized carbons (Fsp3) is 0.588. The van der Waals surface area contributed by atoms with Crippen molar-refractivity contribution >= 4 is 11.9 Å². The molecule has 0 aliphatic heterocycles. The maximum absolute atomic E-state index is 12.7. The molecule has 1 saturated carbocycles. The molecule has 1 heterocycles. The first-order valence-electron chi connectivity index (χ1n) is 8.38. The van der Waals surface area contributed by atoms with Gasteiger partial charge in [0.15, 0.2) is 6.61 Å². The molecule has 1 aliphatic carbocycles. The van der Waals surface area contributed by atoms with Gasteiger partial charge in [0.1, 0.15) is 6.54 Å². The number of halogens is 3. The summed E-state index contributed by atoms with van der Waals surface area (Å²) in [6.45, 7) is 0.922. The van der Waals surface area contributed by atoms with Crippen LogP contribution in [0.25, 0.3) is 0 Å². The number of aromatic nitrogens is 1. The number of hydrogen-bond donors (Lipinski definition) is 1. The van der Waals surface area contributed by atoms with Gasteiger partial charge in [-0.15, -0.1) is 0 Å². The highest BCUT2D eigenvalue weighted by atomic mass is 19.4. The van der Waals surface area contributed by atoms with E-state index in [1.54, 1.807) is 0 Å². The van der Waals surface area contributed by atoms with Crippen molar-refractivity contribution in [2.45, 2.75) is 51.4 Å². The third-order valence-corrected chi connectivity index (χ3v) is 4.36. The number of pyridine rings is 1. The molecule has 1 N–H and O–H groups in total. The van der Waals surface area contributed by atoms with E-state index in [-0.39, 0.29) is 6.04 Å². The maximum atomic E-state index is 12.7. The molecule has 144 valence electrons. The normalized spacial score (nSPS) is 20.5. The fourth-order valence-corrected chi connectivity index (χ4v) is 2.83. The Morgan fingerprint density at radius 2 is 1.88 bits per heavy atom. The van der Waals surface area contributed by atoms with E-state index in [1.807, 2.05) is 0 Å². The van der Waals surface area contributed by atoms with Crippen LogP contribution in [0.4, 0.5) is 13.2 Å². The molecular formula is C17H21F3N2O4. The summed E-state index contributed by atoms with van der Waals surface area (Å²) >= 11 is 0. The molecule has 0 spiro atoms. The van der Waals surface area contributed by atoms with Gasteiger partial charge in [-0.2, -0.15) is 13.2 Å². The second-order valence-corrected chi connectivity index (χ2v) is 6.57. The van der Waals surface area contributed by atoms with Gasteiger partial charge in [-0.25, -0.2) is 0 Å². The molecule has 26 heavy (non-hydrogen) atoms. The van der Waals surface area contributed by atoms with E-state index < -0.39 is 42.3 Å². The average molecular weight is 374 g/mol. The van der Waals surface area contributed by atoms with Gasteiger partial charge in [0, 0.05) is 18.3 Å². The maximum Gasteiger partial charge on any atom is 0.417 e. The summed E-state index contributed by atoms with van der Waals surface area (Å²) in [5.41, 5.74) is -1.81. The zero-order valence-corrected chi connectivity index (χ0v) is 14.3. The van der Waals surface area contributed by atoms with Crippen LogP contribution in [0.5, 0.6) is 0 Å². The molecule has 2 rings (SSSR count). The van der Waals surface area contributed by atoms with E-state index in [0.717, 1.165) is 31.7 Å². The number of carbonyl (C=O) groups is 2. The summed E-state index contributed by atoms with van der Waals surface area (Å²) in [6, 6.07) is 1.42. The second-order valence-electron chi connectivity index (χ2n) is 6.57. The molecular weight excluding hydrogens is 353 g/mol. The van der Waals surface area contributed by atoms with Crippen LogP contribution >= 0.6 is 0 Å². The Hall–Kier alpha value is -2.32. The molecule has 1 amide bonds. The number of esters is 1. The first-order valence-corrected chi connectivity index (χ1v) is 8.38. The third kappa shape index (κ3) is 5.89. The average Bonchev–Trinajstić information content (AvgIpc) is 2.56. The second kappa shape index (κ2) is 8.37. The quantitative estimate of drug-likeness (QED) is 0.801. The summed E-state index contributed by atoms with van der Waals surface area (Å²) in [6.07, 6.45) is -0.322. The number of amides is 1. The van der Waals surface area contributed by atoms with E-state index in [4.69, 9.17) is 4.74 Å². The van der Waals surface area contributed by atoms with Crippen molar-refractivity contribution in [1.29, 1.82) is 0 Å². The van der Waals surface area contributed by atoms with Crippen molar-refractivity contribution in [2.75, 3.05) is 6.61 Å². The van der Waals surface area contributed by atoms with Crippen molar-refractivity contribution in [3.8, 4) is 0 Å². The first-order chi connectivity index (χ1) is 12.1. The minimum Gasteiger partial charge on any atom is -0.454 e. The van der Waals surface area contributed by atoms with Crippen LogP contribution in [0.2, 0.25) is 0 Å². The highest BCUT2D eigenvalue weighted by Gasteiger charge is 2.31. The van der Waals surface area contributed by atoms with E-state index in [9.17, 15) is 27.6 Å². The molecule has 0 atom stereocenters. The van der Waals surface area contributed by atoms with Crippen LogP contribution < -0.4 is 10.9 Å². The molecule has 1 aromatic heterocycles. The fourth-order valence-electron chi connectivity index (χ4n) is 2.83. The number of carbonyl (C=O) groups excluding carboxylic acids is 2. The Morgan fingerprint density at radius 1 is 1.23 bits per heavy atom. The number of nitrogens with one attached hydrogen (secondary N) is 1. The minimum atomic E-state index is -4.63. The number of nitrogens with zero attached hydrogens (tertiary/aromatic N) is 1. The van der Waals surface area contributed by atoms with Gasteiger partial charge < -0.3 is 14.6 Å². The summed E-state index contributed by atoms with van der Waals surface area (Å²) in [7, 11) is 0. The minimum absolute atomic E-state index is 0.0449. The van der Waals surface area contributed by atoms with Gasteiger partial charge in [-0.3, -0.25) is 14.4 Å². The lowest BCUT2D eigenvalue weighted by Gasteiger charge is -2.26. The van der Waals surface area contributed by atoms with Gasteiger partial charge >= 0.3 is 12.1 Å². The lowest BCUT2D eigenvalue weighted by molar-refractivity contribution is -0.149. The molecule has 0 saturated heterocycles. The molecule has 0 unspecified atom stereocenters. The van der Waals surface area contributed by atoms with E-state index in [0.29, 0.717) is 22.7 Å². The number of rotatable bonds is 5. The third-order valence-electron chi connectivity index (χ3n) is 4.36. The van der Waals surface area contributed by atoms with Crippen LogP contribution in [-0.4, -0.2) is 29.1 Å². The predicted octanol–water partition coefficient (Wildman–Crippen LogP) is 2.11. The summed E-state index contributed by atoms with van der Waals surface area (Å²) < 4.78 is 43.3. The zero-order chi connectivity index (χ0) is 19.3. The molecule has 9 heteroatoms. The molecule has 6 nitrogen and oxygen atoms in total. The molecule has 0 aromatic carbocycles. The summed E-state index contributed by atoms with van der Waals surface area (Å²) in [5, 5.41) is 2.77. The lowest BCUT2D eigenvalue weighted by atomic mass is 9.87. The number of ether oxygens (including phenoxy) is 1. The van der Waals surface area contributed by atoms with E-state index in [2.05, 4.69) is 12.2 Å². The van der Waals surface area contributed by atoms with Crippen molar-refractivity contribution in [2.24, 2.45) is 5.92 Å². The summed E-state index contributed by atoms with van der Waals surface area (Å²) in [5.74, 6) is -0.792. The Labute approximate surface area is 148 Å². The molecule has 1 fully saturated rings. The lowest BCUT2D eigenvalue weighted by Crippen LogP contribution is -2.40. The monoisotopic (exact) mass is 374 g/mol. The predicted molar refractivity (Wildman–Crippen MR) is 86.2 cm³/mol. The van der Waals surface area contributed by atoms with Gasteiger partial charge in [0.05, 0.1) is 5.56 Å². The molecule has 0 radical (unpaired) electrons. The largest absolute Gasteiger partial charge is 0.454 e. The van der Waals surface area contributed by atoms with Crippen LogP contribution in [0, 0.1) is 5.92 Å². The standard InChI is InChI=1S/C17H21F3N2O4/c1-11-2-5-13(6-3-11)21-14(23)10-26-16(25)9-22-8-12(17(18,19)20)4-7-15(22)24/h4,7-8,11,13H,2-3,5-6,9-10H2,1H3,(H,21,23). The van der Waals surface area contributed by atoms with Crippen LogP contribution in [-0.2, 0) is 27.0 Å². The number of hydrogen-bond acceptors (Lipinski definition) is 4. The Bertz CT molecular complexity index is 707. The summed E-state index contributed by atoms with van der Waals surface area (Å²) in [4.78, 5) is 35.1. The smallest absolute Gasteiger partial charge is 0.417 e. The molecule has 1 aromatic rings. The van der Waals surface area contributed by atoms with Crippen molar-refractivity contribution in [1.82, 2.24) is 9.88 Å². The SMILES string of the molecule is CC1CCC(NC(=O)COC(=O)Cn2cc(C(F)(F)F)ccc2=O)CC1. The van der Waals surface area contributed by atoms with Gasteiger partial charge in [-0.05, 0) is 37.7 Å². The Balaban J connectivity index is 1.83. The number of alkyl halides is 3. The topological polar surface area (TPSA) is 77.4 Å². The Morgan fingerprint density at radius 3 is 2.50 bits per heavy atom. The van der Waals surface area contributed by atoms with Crippen LogP contribution in [0.15, 0.2) is 23.1 Å². The van der Waals surface area contributed by atoms with Gasteiger partial charge in [0.25, 0.3) is 11.5 Å². The highest BCUT2D eigenvalue weighted by Crippen LogP contribution is 2.28.